The Morgan fingerprint density at radius 3 is 2.92 bits per heavy atom. The minimum Gasteiger partial charge on any atom is -0.388 e. The van der Waals surface area contributed by atoms with Gasteiger partial charge in [-0.1, -0.05) is 6.07 Å². The van der Waals surface area contributed by atoms with Crippen LogP contribution in [0.15, 0.2) is 17.5 Å². The molecule has 0 saturated carbocycles. The molecule has 0 spiro atoms. The van der Waals surface area contributed by atoms with Crippen LogP contribution in [0.25, 0.3) is 0 Å². The van der Waals surface area contributed by atoms with E-state index < -0.39 is 0 Å². The first-order chi connectivity index (χ1) is 11.8. The summed E-state index contributed by atoms with van der Waals surface area (Å²) in [5, 5.41) is 19.2. The maximum Gasteiger partial charge on any atom is 0.221 e. The lowest BCUT2D eigenvalue weighted by Crippen LogP contribution is -2.24. The Morgan fingerprint density at radius 2 is 2.25 bits per heavy atom. The summed E-state index contributed by atoms with van der Waals surface area (Å²) in [6, 6.07) is 4.40. The molecule has 1 unspecified atom stereocenters. The second-order valence-electron chi connectivity index (χ2n) is 5.94. The van der Waals surface area contributed by atoms with Gasteiger partial charge in [0.15, 0.2) is 5.82 Å². The average molecular weight is 368 g/mol. The van der Waals surface area contributed by atoms with Crippen molar-refractivity contribution in [2.75, 3.05) is 37.2 Å². The Kier molecular flexibility index (Phi) is 6.53. The molecule has 0 aromatic carbocycles. The van der Waals surface area contributed by atoms with Crippen molar-refractivity contribution in [1.82, 2.24) is 19.7 Å². The average Bonchev–Trinajstić information content (AvgIpc) is 3.32. The fourth-order valence-corrected chi connectivity index (χ4v) is 5.05. The zero-order valence-corrected chi connectivity index (χ0v) is 15.7. The van der Waals surface area contributed by atoms with Gasteiger partial charge in [0.25, 0.3) is 0 Å². The molecule has 1 atom stereocenters. The number of hydrogen-bond donors (Lipinski definition) is 2. The van der Waals surface area contributed by atoms with Gasteiger partial charge in [0.05, 0.1) is 5.25 Å². The molecule has 2 aromatic heterocycles. The molecule has 6 nitrogen and oxygen atoms in total. The molecule has 24 heavy (non-hydrogen) atoms. The fraction of sp³-hybridized carbons (Fsp3) is 0.625. The molecule has 3 heterocycles. The van der Waals surface area contributed by atoms with Crippen molar-refractivity contribution in [3.05, 3.63) is 28.2 Å². The third-order valence-electron chi connectivity index (χ3n) is 4.14. The lowest BCUT2D eigenvalue weighted by molar-refractivity contribution is 0.271. The van der Waals surface area contributed by atoms with Gasteiger partial charge in [-0.25, -0.2) is 4.68 Å². The van der Waals surface area contributed by atoms with Gasteiger partial charge in [-0.2, -0.15) is 10.1 Å². The van der Waals surface area contributed by atoms with Gasteiger partial charge in [-0.3, -0.25) is 0 Å². The molecule has 1 aliphatic rings. The van der Waals surface area contributed by atoms with E-state index in [9.17, 15) is 0 Å². The van der Waals surface area contributed by atoms with E-state index in [-0.39, 0.29) is 6.61 Å². The SMILES string of the molecule is Cn1nc(CO)nc1NCCSC(CN1CCCC1)c1cccs1. The second-order valence-corrected chi connectivity index (χ2v) is 8.23. The number of aliphatic hydroxyl groups excluding tert-OH is 1. The summed E-state index contributed by atoms with van der Waals surface area (Å²) in [6.45, 7) is 4.33. The summed E-state index contributed by atoms with van der Waals surface area (Å²) in [7, 11) is 1.84. The quantitative estimate of drug-likeness (QED) is 0.663. The molecule has 0 aliphatic carbocycles. The number of aliphatic hydroxyl groups is 1. The smallest absolute Gasteiger partial charge is 0.221 e. The summed E-state index contributed by atoms with van der Waals surface area (Å²) in [5.41, 5.74) is 0. The third-order valence-corrected chi connectivity index (χ3v) is 6.52. The van der Waals surface area contributed by atoms with Crippen molar-refractivity contribution >= 4 is 29.0 Å². The zero-order valence-electron chi connectivity index (χ0n) is 14.0. The highest BCUT2D eigenvalue weighted by molar-refractivity contribution is 7.99. The van der Waals surface area contributed by atoms with E-state index in [1.165, 1.54) is 30.8 Å². The van der Waals surface area contributed by atoms with Gasteiger partial charge in [-0.05, 0) is 37.4 Å². The maximum atomic E-state index is 9.09. The Labute approximate surface area is 151 Å². The molecular formula is C16H25N5OS2. The summed E-state index contributed by atoms with van der Waals surface area (Å²) in [6.07, 6.45) is 2.67. The summed E-state index contributed by atoms with van der Waals surface area (Å²) in [5.74, 6) is 2.18. The number of hydrogen-bond acceptors (Lipinski definition) is 7. The predicted molar refractivity (Wildman–Crippen MR) is 101 cm³/mol. The van der Waals surface area contributed by atoms with Gasteiger partial charge in [0.2, 0.25) is 5.95 Å². The topological polar surface area (TPSA) is 66.2 Å². The molecule has 132 valence electrons. The highest BCUT2D eigenvalue weighted by atomic mass is 32.2. The minimum atomic E-state index is -0.124. The van der Waals surface area contributed by atoms with E-state index >= 15 is 0 Å². The van der Waals surface area contributed by atoms with Crippen LogP contribution in [-0.2, 0) is 13.7 Å². The van der Waals surface area contributed by atoms with Gasteiger partial charge < -0.3 is 15.3 Å². The highest BCUT2D eigenvalue weighted by Crippen LogP contribution is 2.33. The number of nitrogens with one attached hydrogen (secondary N) is 1. The molecular weight excluding hydrogens is 342 g/mol. The van der Waals surface area contributed by atoms with E-state index in [0.717, 1.165) is 18.8 Å². The third kappa shape index (κ3) is 4.72. The highest BCUT2D eigenvalue weighted by Gasteiger charge is 2.20. The molecule has 3 rings (SSSR count). The van der Waals surface area contributed by atoms with Crippen LogP contribution in [0.5, 0.6) is 0 Å². The first-order valence-electron chi connectivity index (χ1n) is 8.38. The molecule has 1 fully saturated rings. The number of rotatable bonds is 9. The summed E-state index contributed by atoms with van der Waals surface area (Å²) in [4.78, 5) is 8.30. The van der Waals surface area contributed by atoms with Gasteiger partial charge in [-0.15, -0.1) is 23.1 Å². The van der Waals surface area contributed by atoms with Crippen LogP contribution in [0.4, 0.5) is 5.95 Å². The van der Waals surface area contributed by atoms with Crippen LogP contribution in [0.2, 0.25) is 0 Å². The van der Waals surface area contributed by atoms with E-state index in [4.69, 9.17) is 5.11 Å². The van der Waals surface area contributed by atoms with Crippen LogP contribution in [0, 0.1) is 0 Å². The molecule has 0 amide bonds. The van der Waals surface area contributed by atoms with Gasteiger partial charge in [0, 0.05) is 30.8 Å². The van der Waals surface area contributed by atoms with Crippen molar-refractivity contribution in [3.8, 4) is 0 Å². The van der Waals surface area contributed by atoms with Crippen molar-refractivity contribution in [2.24, 2.45) is 7.05 Å². The normalized spacial score (nSPS) is 16.6. The second kappa shape index (κ2) is 8.84. The van der Waals surface area contributed by atoms with E-state index in [1.807, 2.05) is 30.1 Å². The van der Waals surface area contributed by atoms with E-state index in [1.54, 1.807) is 4.68 Å². The lowest BCUT2D eigenvalue weighted by Gasteiger charge is -2.22. The summed E-state index contributed by atoms with van der Waals surface area (Å²) < 4.78 is 1.68. The van der Waals surface area contributed by atoms with Crippen LogP contribution in [0.3, 0.4) is 0 Å². The van der Waals surface area contributed by atoms with Gasteiger partial charge >= 0.3 is 0 Å². The number of aryl methyl sites for hydroxylation is 1. The van der Waals surface area contributed by atoms with Crippen molar-refractivity contribution in [3.63, 3.8) is 0 Å². The Hall–Kier alpha value is -1.09. The van der Waals surface area contributed by atoms with Gasteiger partial charge in [0.1, 0.15) is 6.61 Å². The number of aromatic nitrogens is 3. The van der Waals surface area contributed by atoms with Crippen LogP contribution in [-0.4, -0.2) is 56.7 Å². The number of likely N-dealkylation sites (tertiary alicyclic amines) is 1. The van der Waals surface area contributed by atoms with Crippen molar-refractivity contribution < 1.29 is 5.11 Å². The Morgan fingerprint density at radius 1 is 1.42 bits per heavy atom. The van der Waals surface area contributed by atoms with E-state index in [0.29, 0.717) is 17.0 Å². The molecule has 1 aliphatic heterocycles. The van der Waals surface area contributed by atoms with Crippen LogP contribution in [0.1, 0.15) is 28.8 Å². The molecule has 2 aromatic rings. The molecule has 2 N–H and O–H groups in total. The van der Waals surface area contributed by atoms with Crippen LogP contribution >= 0.6 is 23.1 Å². The monoisotopic (exact) mass is 367 g/mol. The zero-order chi connectivity index (χ0) is 16.8. The van der Waals surface area contributed by atoms with Crippen molar-refractivity contribution in [2.45, 2.75) is 24.7 Å². The molecule has 1 saturated heterocycles. The number of anilines is 1. The first-order valence-corrected chi connectivity index (χ1v) is 10.3. The largest absolute Gasteiger partial charge is 0.388 e. The Balaban J connectivity index is 1.48. The Bertz CT molecular complexity index is 610. The predicted octanol–water partition coefficient (Wildman–Crippen LogP) is 2.35. The molecule has 8 heteroatoms. The summed E-state index contributed by atoms with van der Waals surface area (Å²) >= 11 is 3.86. The van der Waals surface area contributed by atoms with E-state index in [2.05, 4.69) is 37.8 Å². The lowest BCUT2D eigenvalue weighted by atomic mass is 10.3. The van der Waals surface area contributed by atoms with Crippen molar-refractivity contribution in [1.29, 1.82) is 0 Å². The fourth-order valence-electron chi connectivity index (χ4n) is 2.92. The number of thioether (sulfide) groups is 1. The number of thiophene rings is 1. The molecule has 0 radical (unpaired) electrons. The standard InChI is InChI=1S/C16H25N5OS2/c1-20-16(18-15(12-22)19-20)17-6-10-24-14(13-5-4-9-23-13)11-21-7-2-3-8-21/h4-5,9,14,22H,2-3,6-8,10-12H2,1H3,(H,17,18,19). The number of nitrogens with zero attached hydrogens (tertiary/aromatic N) is 4. The molecule has 0 bridgehead atoms. The minimum absolute atomic E-state index is 0.124. The first kappa shape index (κ1) is 17.7. The van der Waals surface area contributed by atoms with Crippen LogP contribution < -0.4 is 5.32 Å². The maximum absolute atomic E-state index is 9.09.